The first-order valence-corrected chi connectivity index (χ1v) is 8.48. The summed E-state index contributed by atoms with van der Waals surface area (Å²) in [6.45, 7) is 7.71. The molecule has 1 amide bonds. The molecule has 2 N–H and O–H groups in total. The Morgan fingerprint density at radius 3 is 2.78 bits per heavy atom. The molecule has 1 aliphatic rings. The minimum Gasteiger partial charge on any atom is -0.393 e. The average Bonchev–Trinajstić information content (AvgIpc) is 2.52. The Labute approximate surface area is 139 Å². The molecule has 126 valence electrons. The fourth-order valence-corrected chi connectivity index (χ4v) is 2.89. The third kappa shape index (κ3) is 6.16. The van der Waals surface area contributed by atoms with Gasteiger partial charge in [0, 0.05) is 25.7 Å². The summed E-state index contributed by atoms with van der Waals surface area (Å²) in [5, 5.41) is 12.4. The van der Waals surface area contributed by atoms with Crippen LogP contribution in [0.25, 0.3) is 6.08 Å². The molecule has 0 bridgehead atoms. The van der Waals surface area contributed by atoms with Crippen LogP contribution >= 0.6 is 0 Å². The first-order chi connectivity index (χ1) is 11.0. The van der Waals surface area contributed by atoms with Crippen LogP contribution in [0.2, 0.25) is 0 Å². The number of benzene rings is 1. The number of hydrogen-bond acceptors (Lipinski definition) is 3. The van der Waals surface area contributed by atoms with Gasteiger partial charge in [0.15, 0.2) is 0 Å². The molecule has 1 fully saturated rings. The molecule has 0 atom stereocenters. The molecule has 23 heavy (non-hydrogen) atoms. The molecule has 2 rings (SSSR count). The predicted octanol–water partition coefficient (Wildman–Crippen LogP) is 2.28. The lowest BCUT2D eigenvalue weighted by molar-refractivity contribution is -0.116. The van der Waals surface area contributed by atoms with Gasteiger partial charge in [-0.1, -0.05) is 23.8 Å². The highest BCUT2D eigenvalue weighted by atomic mass is 16.3. The molecule has 1 heterocycles. The molecular weight excluding hydrogens is 288 g/mol. The highest BCUT2D eigenvalue weighted by molar-refractivity contribution is 5.91. The Morgan fingerprint density at radius 1 is 1.35 bits per heavy atom. The van der Waals surface area contributed by atoms with Gasteiger partial charge in [-0.25, -0.2) is 0 Å². The zero-order valence-electron chi connectivity index (χ0n) is 14.2. The second-order valence-electron chi connectivity index (χ2n) is 6.41. The highest BCUT2D eigenvalue weighted by Crippen LogP contribution is 2.12. The smallest absolute Gasteiger partial charge is 0.243 e. The van der Waals surface area contributed by atoms with Crippen molar-refractivity contribution >= 4 is 12.0 Å². The molecule has 1 aromatic carbocycles. The van der Waals surface area contributed by atoms with Gasteiger partial charge < -0.3 is 15.3 Å². The van der Waals surface area contributed by atoms with Crippen LogP contribution in [0.5, 0.6) is 0 Å². The van der Waals surface area contributed by atoms with E-state index in [-0.39, 0.29) is 12.0 Å². The first-order valence-electron chi connectivity index (χ1n) is 8.48. The van der Waals surface area contributed by atoms with Crippen LogP contribution in [0.15, 0.2) is 24.3 Å². The van der Waals surface area contributed by atoms with Gasteiger partial charge in [0.25, 0.3) is 0 Å². The number of aliphatic hydroxyl groups is 1. The number of piperidine rings is 1. The molecule has 1 aromatic rings. The third-order valence-electron chi connectivity index (χ3n) is 4.35. The standard InChI is InChI=1S/C19H28N2O2/c1-15-4-5-17(16(2)14-15)6-7-19(23)20-10-3-11-21-12-8-18(22)9-13-21/h4-7,14,18,22H,3,8-13H2,1-2H3,(H,20,23)/b7-6+. The number of hydrogen-bond donors (Lipinski definition) is 2. The fraction of sp³-hybridized carbons (Fsp3) is 0.526. The minimum atomic E-state index is -0.124. The lowest BCUT2D eigenvalue weighted by atomic mass is 10.1. The summed E-state index contributed by atoms with van der Waals surface area (Å²) in [4.78, 5) is 14.2. The van der Waals surface area contributed by atoms with Crippen molar-refractivity contribution in [3.63, 3.8) is 0 Å². The Kier molecular flexibility index (Phi) is 6.81. The van der Waals surface area contributed by atoms with Crippen molar-refractivity contribution in [1.82, 2.24) is 10.2 Å². The van der Waals surface area contributed by atoms with Crippen molar-refractivity contribution in [2.24, 2.45) is 0 Å². The van der Waals surface area contributed by atoms with Gasteiger partial charge in [-0.05, 0) is 56.9 Å². The molecule has 0 saturated carbocycles. The number of carbonyl (C=O) groups is 1. The van der Waals surface area contributed by atoms with E-state index in [1.54, 1.807) is 6.08 Å². The van der Waals surface area contributed by atoms with Crippen LogP contribution in [0.3, 0.4) is 0 Å². The molecule has 0 radical (unpaired) electrons. The number of amides is 1. The molecule has 4 nitrogen and oxygen atoms in total. The van der Waals surface area contributed by atoms with Crippen molar-refractivity contribution in [2.75, 3.05) is 26.2 Å². The van der Waals surface area contributed by atoms with Crippen molar-refractivity contribution in [3.8, 4) is 0 Å². The van der Waals surface area contributed by atoms with Crippen LogP contribution in [0.4, 0.5) is 0 Å². The highest BCUT2D eigenvalue weighted by Gasteiger charge is 2.15. The van der Waals surface area contributed by atoms with E-state index in [1.165, 1.54) is 11.1 Å². The minimum absolute atomic E-state index is 0.0426. The van der Waals surface area contributed by atoms with E-state index in [0.29, 0.717) is 6.54 Å². The van der Waals surface area contributed by atoms with E-state index in [2.05, 4.69) is 36.2 Å². The van der Waals surface area contributed by atoms with Crippen molar-refractivity contribution in [1.29, 1.82) is 0 Å². The molecule has 0 aliphatic carbocycles. The van der Waals surface area contributed by atoms with Crippen LogP contribution < -0.4 is 5.32 Å². The second-order valence-corrected chi connectivity index (χ2v) is 6.41. The normalized spacial score (nSPS) is 16.8. The van der Waals surface area contributed by atoms with Crippen LogP contribution in [-0.4, -0.2) is 48.2 Å². The van der Waals surface area contributed by atoms with Gasteiger partial charge in [0.1, 0.15) is 0 Å². The van der Waals surface area contributed by atoms with E-state index in [0.717, 1.165) is 44.5 Å². The number of nitrogens with zero attached hydrogens (tertiary/aromatic N) is 1. The maximum atomic E-state index is 11.8. The van der Waals surface area contributed by atoms with Gasteiger partial charge in [0.2, 0.25) is 5.91 Å². The number of carbonyl (C=O) groups excluding carboxylic acids is 1. The molecule has 4 heteroatoms. The summed E-state index contributed by atoms with van der Waals surface area (Å²) in [5.41, 5.74) is 3.49. The number of likely N-dealkylation sites (tertiary alicyclic amines) is 1. The van der Waals surface area contributed by atoms with Gasteiger partial charge in [0.05, 0.1) is 6.10 Å². The predicted molar refractivity (Wildman–Crippen MR) is 94.3 cm³/mol. The second kappa shape index (κ2) is 8.85. The van der Waals surface area contributed by atoms with Gasteiger partial charge in [-0.3, -0.25) is 4.79 Å². The molecular formula is C19H28N2O2. The Hall–Kier alpha value is -1.65. The summed E-state index contributed by atoms with van der Waals surface area (Å²) >= 11 is 0. The molecule has 1 saturated heterocycles. The zero-order valence-corrected chi connectivity index (χ0v) is 14.2. The summed E-state index contributed by atoms with van der Waals surface area (Å²) in [7, 11) is 0. The van der Waals surface area contributed by atoms with E-state index >= 15 is 0 Å². The lowest BCUT2D eigenvalue weighted by Gasteiger charge is -2.29. The van der Waals surface area contributed by atoms with Crippen LogP contribution in [0, 0.1) is 13.8 Å². The van der Waals surface area contributed by atoms with Crippen molar-refractivity contribution < 1.29 is 9.90 Å². The number of aliphatic hydroxyl groups excluding tert-OH is 1. The SMILES string of the molecule is Cc1ccc(/C=C/C(=O)NCCCN2CCC(O)CC2)c(C)c1. The molecule has 0 aromatic heterocycles. The molecule has 1 aliphatic heterocycles. The number of rotatable bonds is 6. The molecule has 0 spiro atoms. The van der Waals surface area contributed by atoms with E-state index in [4.69, 9.17) is 0 Å². The summed E-state index contributed by atoms with van der Waals surface area (Å²) in [6, 6.07) is 6.21. The largest absolute Gasteiger partial charge is 0.393 e. The maximum Gasteiger partial charge on any atom is 0.243 e. The van der Waals surface area contributed by atoms with Gasteiger partial charge in [-0.15, -0.1) is 0 Å². The van der Waals surface area contributed by atoms with E-state index in [1.807, 2.05) is 12.1 Å². The lowest BCUT2D eigenvalue weighted by Crippen LogP contribution is -2.37. The Bertz CT molecular complexity index is 546. The maximum absolute atomic E-state index is 11.8. The summed E-state index contributed by atoms with van der Waals surface area (Å²) in [6.07, 6.45) is 6.03. The van der Waals surface area contributed by atoms with E-state index < -0.39 is 0 Å². The van der Waals surface area contributed by atoms with Gasteiger partial charge >= 0.3 is 0 Å². The quantitative estimate of drug-likeness (QED) is 0.625. The van der Waals surface area contributed by atoms with Gasteiger partial charge in [-0.2, -0.15) is 0 Å². The zero-order chi connectivity index (χ0) is 16.7. The van der Waals surface area contributed by atoms with Crippen LogP contribution in [0.1, 0.15) is 36.0 Å². The Morgan fingerprint density at radius 2 is 2.09 bits per heavy atom. The monoisotopic (exact) mass is 316 g/mol. The van der Waals surface area contributed by atoms with Crippen molar-refractivity contribution in [3.05, 3.63) is 41.0 Å². The summed E-state index contributed by atoms with van der Waals surface area (Å²) < 4.78 is 0. The number of nitrogens with one attached hydrogen (secondary N) is 1. The average molecular weight is 316 g/mol. The third-order valence-corrected chi connectivity index (χ3v) is 4.35. The topological polar surface area (TPSA) is 52.6 Å². The van der Waals surface area contributed by atoms with Crippen molar-refractivity contribution in [2.45, 2.75) is 39.2 Å². The number of aryl methyl sites for hydroxylation is 2. The van der Waals surface area contributed by atoms with Crippen LogP contribution in [-0.2, 0) is 4.79 Å². The fourth-order valence-electron chi connectivity index (χ4n) is 2.89. The van der Waals surface area contributed by atoms with E-state index in [9.17, 15) is 9.90 Å². The summed E-state index contributed by atoms with van der Waals surface area (Å²) in [5.74, 6) is -0.0426. The first kappa shape index (κ1) is 17.7. The Balaban J connectivity index is 1.66. The molecule has 0 unspecified atom stereocenters.